The molecule has 0 unspecified atom stereocenters. The molecule has 0 saturated heterocycles. The molecular weight excluding hydrogens is 380 g/mol. The van der Waals surface area contributed by atoms with Crippen LogP contribution in [-0.2, 0) is 35.9 Å². The predicted molar refractivity (Wildman–Crippen MR) is 92.8 cm³/mol. The lowest BCUT2D eigenvalue weighted by atomic mass is 10.1. The number of aromatic hydroxyl groups is 2. The van der Waals surface area contributed by atoms with E-state index < -0.39 is 41.3 Å². The van der Waals surface area contributed by atoms with Gasteiger partial charge in [0, 0.05) is 18.2 Å². The largest absolute Gasteiger partial charge is 0.504 e. The molecule has 0 bridgehead atoms. The van der Waals surface area contributed by atoms with Gasteiger partial charge in [0.15, 0.2) is 5.75 Å². The zero-order chi connectivity index (χ0) is 21.3. The van der Waals surface area contributed by atoms with Crippen LogP contribution in [0.3, 0.4) is 0 Å². The number of carboxylic acid groups (broad SMARTS) is 2. The lowest BCUT2D eigenvalue weighted by molar-refractivity contribution is -0.559. The Hall–Kier alpha value is -3.32. The summed E-state index contributed by atoms with van der Waals surface area (Å²) in [4.78, 5) is 40.8. The second-order valence-corrected chi connectivity index (χ2v) is 5.39. The highest BCUT2D eigenvalue weighted by molar-refractivity contribution is 5.72. The molecular formula is C16H21N2O10+. The lowest BCUT2D eigenvalue weighted by Crippen LogP contribution is -2.44. The van der Waals surface area contributed by atoms with E-state index in [4.69, 9.17) is 20.2 Å². The van der Waals surface area contributed by atoms with Gasteiger partial charge in [-0.15, -0.1) is 0 Å². The SMILES string of the molecule is C=COO[N+](C)(OOC=C)c1ccc(CN(CC(=O)O)CC(=O)O)c(O)c1O. The predicted octanol–water partition coefficient (Wildman–Crippen LogP) is 1.02. The fourth-order valence-corrected chi connectivity index (χ4v) is 2.18. The molecule has 12 nitrogen and oxygen atoms in total. The number of benzene rings is 1. The van der Waals surface area contributed by atoms with Crippen LogP contribution in [0, 0.1) is 0 Å². The summed E-state index contributed by atoms with van der Waals surface area (Å²) in [6, 6.07) is 2.58. The van der Waals surface area contributed by atoms with E-state index in [1.54, 1.807) is 0 Å². The molecule has 1 aromatic carbocycles. The Bertz CT molecular complexity index is 708. The number of carbonyl (C=O) groups is 2. The highest BCUT2D eigenvalue weighted by Gasteiger charge is 2.40. The highest BCUT2D eigenvalue weighted by Crippen LogP contribution is 2.42. The van der Waals surface area contributed by atoms with E-state index in [0.717, 1.165) is 17.4 Å². The van der Waals surface area contributed by atoms with Crippen LogP contribution in [0.15, 0.2) is 37.8 Å². The lowest BCUT2D eigenvalue weighted by Gasteiger charge is -2.24. The molecule has 4 N–H and O–H groups in total. The van der Waals surface area contributed by atoms with Crippen molar-refractivity contribution in [1.82, 2.24) is 9.71 Å². The van der Waals surface area contributed by atoms with E-state index >= 15 is 0 Å². The first-order valence-corrected chi connectivity index (χ1v) is 7.63. The Balaban J connectivity index is 3.22. The van der Waals surface area contributed by atoms with E-state index in [-0.39, 0.29) is 17.8 Å². The zero-order valence-corrected chi connectivity index (χ0v) is 15.0. The molecule has 0 aliphatic rings. The Labute approximate surface area is 159 Å². The van der Waals surface area contributed by atoms with Crippen molar-refractivity contribution in [1.29, 1.82) is 0 Å². The van der Waals surface area contributed by atoms with Crippen molar-refractivity contribution in [2.75, 3.05) is 20.1 Å². The first-order valence-electron chi connectivity index (χ1n) is 7.63. The maximum absolute atomic E-state index is 10.9. The van der Waals surface area contributed by atoms with Crippen LogP contribution >= 0.6 is 0 Å². The van der Waals surface area contributed by atoms with Crippen LogP contribution in [0.25, 0.3) is 0 Å². The summed E-state index contributed by atoms with van der Waals surface area (Å²) in [6.45, 7) is 5.12. The monoisotopic (exact) mass is 401 g/mol. The highest BCUT2D eigenvalue weighted by atomic mass is 17.4. The van der Waals surface area contributed by atoms with Gasteiger partial charge >= 0.3 is 11.9 Å². The summed E-state index contributed by atoms with van der Waals surface area (Å²) in [5.74, 6) is -3.86. The van der Waals surface area contributed by atoms with Gasteiger partial charge < -0.3 is 20.4 Å². The van der Waals surface area contributed by atoms with E-state index in [1.807, 2.05) is 0 Å². The number of aliphatic carboxylic acids is 2. The molecule has 1 rings (SSSR count). The van der Waals surface area contributed by atoms with Crippen molar-refractivity contribution in [3.8, 4) is 11.5 Å². The van der Waals surface area contributed by atoms with E-state index in [9.17, 15) is 19.8 Å². The number of hydrogen-bond acceptors (Lipinski definition) is 9. The smallest absolute Gasteiger partial charge is 0.317 e. The quantitative estimate of drug-likeness (QED) is 0.123. The molecule has 0 spiro atoms. The summed E-state index contributed by atoms with van der Waals surface area (Å²) in [5.41, 5.74) is -0.113. The number of carboxylic acids is 2. The molecule has 0 heterocycles. The van der Waals surface area contributed by atoms with Gasteiger partial charge in [-0.3, -0.25) is 24.3 Å². The van der Waals surface area contributed by atoms with E-state index in [0.29, 0.717) is 0 Å². The van der Waals surface area contributed by atoms with Crippen molar-refractivity contribution in [3.05, 3.63) is 43.4 Å². The van der Waals surface area contributed by atoms with Crippen LogP contribution in [0.5, 0.6) is 11.5 Å². The molecule has 0 amide bonds. The number of phenols is 2. The number of hydrogen-bond donors (Lipinski definition) is 4. The van der Waals surface area contributed by atoms with E-state index in [1.165, 1.54) is 19.2 Å². The average molecular weight is 401 g/mol. The summed E-state index contributed by atoms with van der Waals surface area (Å²) >= 11 is 0. The third-order valence-electron chi connectivity index (χ3n) is 3.27. The number of phenolic OH excluding ortho intramolecular Hbond substituents is 2. The molecule has 154 valence electrons. The molecule has 0 aliphatic carbocycles. The molecule has 0 saturated carbocycles. The summed E-state index contributed by atoms with van der Waals surface area (Å²) in [7, 11) is 1.24. The maximum atomic E-state index is 10.9. The first kappa shape index (κ1) is 22.7. The molecule has 1 aromatic rings. The van der Waals surface area contributed by atoms with Crippen molar-refractivity contribution >= 4 is 17.6 Å². The Morgan fingerprint density at radius 1 is 1.04 bits per heavy atom. The van der Waals surface area contributed by atoms with Crippen molar-refractivity contribution in [2.45, 2.75) is 6.54 Å². The summed E-state index contributed by atoms with van der Waals surface area (Å²) < 4.78 is 0. The van der Waals surface area contributed by atoms with Gasteiger partial charge in [-0.05, 0) is 6.07 Å². The zero-order valence-electron chi connectivity index (χ0n) is 15.0. The van der Waals surface area contributed by atoms with Crippen LogP contribution in [0.1, 0.15) is 5.56 Å². The molecule has 28 heavy (non-hydrogen) atoms. The third-order valence-corrected chi connectivity index (χ3v) is 3.27. The fraction of sp³-hybridized carbons (Fsp3) is 0.250. The van der Waals surface area contributed by atoms with Gasteiger partial charge in [-0.25, -0.2) is 0 Å². The van der Waals surface area contributed by atoms with Gasteiger partial charge in [0.1, 0.15) is 19.6 Å². The van der Waals surface area contributed by atoms with Gasteiger partial charge in [-0.1, -0.05) is 13.2 Å². The van der Waals surface area contributed by atoms with Crippen molar-refractivity contribution < 1.29 is 49.8 Å². The molecule has 0 atom stereocenters. The van der Waals surface area contributed by atoms with Crippen LogP contribution < -0.4 is 4.81 Å². The van der Waals surface area contributed by atoms with Crippen molar-refractivity contribution in [2.24, 2.45) is 0 Å². The minimum Gasteiger partial charge on any atom is -0.504 e. The number of quaternary nitrogens is 1. The number of hydroxylamine groups is 2. The Kier molecular flexibility index (Phi) is 8.22. The summed E-state index contributed by atoms with van der Waals surface area (Å²) in [6.07, 6.45) is 1.85. The summed E-state index contributed by atoms with van der Waals surface area (Å²) in [5, 5.41) is 38.4. The maximum Gasteiger partial charge on any atom is 0.317 e. The second-order valence-electron chi connectivity index (χ2n) is 5.39. The normalized spacial score (nSPS) is 11.1. The minimum atomic E-state index is -1.25. The first-order chi connectivity index (χ1) is 13.1. The van der Waals surface area contributed by atoms with Gasteiger partial charge in [0.25, 0.3) is 5.69 Å². The van der Waals surface area contributed by atoms with Gasteiger partial charge in [-0.2, -0.15) is 0 Å². The Morgan fingerprint density at radius 3 is 1.96 bits per heavy atom. The van der Waals surface area contributed by atoms with Crippen molar-refractivity contribution in [3.63, 3.8) is 0 Å². The van der Waals surface area contributed by atoms with Crippen LogP contribution in [-0.4, -0.2) is 57.4 Å². The second kappa shape index (κ2) is 10.1. The van der Waals surface area contributed by atoms with E-state index in [2.05, 4.69) is 22.9 Å². The van der Waals surface area contributed by atoms with Crippen LogP contribution in [0.4, 0.5) is 5.69 Å². The molecule has 12 heteroatoms. The minimum absolute atomic E-state index is 0.0598. The van der Waals surface area contributed by atoms with Gasteiger partial charge in [0.05, 0.1) is 27.9 Å². The molecule has 0 fully saturated rings. The van der Waals surface area contributed by atoms with Crippen LogP contribution in [0.2, 0.25) is 0 Å². The molecule has 0 aromatic heterocycles. The van der Waals surface area contributed by atoms with Gasteiger partial charge in [0.2, 0.25) is 5.75 Å². The third kappa shape index (κ3) is 6.14. The Morgan fingerprint density at radius 2 is 1.54 bits per heavy atom. The topological polar surface area (TPSA) is 155 Å². The fourth-order valence-electron chi connectivity index (χ4n) is 2.18. The molecule has 0 radical (unpaired) electrons. The number of nitrogens with zero attached hydrogens (tertiary/aromatic N) is 2. The number of rotatable bonds is 13. The average Bonchev–Trinajstić information content (AvgIpc) is 2.61. The standard InChI is InChI=1S/C16H20N2O10/c1-4-25-27-18(3,28-26-5-2)12-7-6-11(15(23)16(12)24)8-17(9-13(19)20)10-14(21)22/h4-7H,1-2,8-10H2,3H3,(H3-,19,20,21,22,23,24)/p+1. The molecule has 0 aliphatic heterocycles.